The molecule has 0 aromatic heterocycles. The third-order valence-corrected chi connectivity index (χ3v) is 4.18. The van der Waals surface area contributed by atoms with Crippen molar-refractivity contribution in [1.29, 1.82) is 0 Å². The Hall–Kier alpha value is -1.38. The van der Waals surface area contributed by atoms with Crippen molar-refractivity contribution in [1.82, 2.24) is 5.32 Å². The van der Waals surface area contributed by atoms with Crippen molar-refractivity contribution in [2.75, 3.05) is 18.0 Å². The van der Waals surface area contributed by atoms with Crippen LogP contribution in [0.15, 0.2) is 24.3 Å². The second-order valence-electron chi connectivity index (χ2n) is 6.11. The van der Waals surface area contributed by atoms with E-state index in [1.807, 2.05) is 4.90 Å². The van der Waals surface area contributed by atoms with Gasteiger partial charge in [-0.15, -0.1) is 38.0 Å². The van der Waals surface area contributed by atoms with Gasteiger partial charge in [0.25, 0.3) is 0 Å². The van der Waals surface area contributed by atoms with E-state index < -0.39 is 11.9 Å². The standard InChI is InChI=1S/C15H18F3N3O2.2ClH/c16-15(17,18)23-12-3-1-2-11(8-12)21-7-4-10(9-21)20-13(22)14(19)5-6-14;;/h1-3,8,10H,4-7,9,19H2,(H,20,22);2*1H. The number of carbonyl (C=O) groups excluding carboxylic acids is 1. The molecule has 1 aromatic carbocycles. The maximum Gasteiger partial charge on any atom is 0.573 e. The molecule has 3 rings (SSSR count). The monoisotopic (exact) mass is 401 g/mol. The lowest BCUT2D eigenvalue weighted by molar-refractivity contribution is -0.274. The molecule has 1 aromatic rings. The molecule has 0 spiro atoms. The van der Waals surface area contributed by atoms with Crippen molar-refractivity contribution < 1.29 is 22.7 Å². The lowest BCUT2D eigenvalue weighted by Gasteiger charge is -2.21. The molecule has 1 aliphatic carbocycles. The van der Waals surface area contributed by atoms with E-state index >= 15 is 0 Å². The number of hydrogen-bond donors (Lipinski definition) is 2. The van der Waals surface area contributed by atoms with Gasteiger partial charge in [-0.2, -0.15) is 0 Å². The molecule has 25 heavy (non-hydrogen) atoms. The first-order chi connectivity index (χ1) is 10.8. The Balaban J connectivity index is 0.00000156. The Labute approximate surface area is 155 Å². The van der Waals surface area contributed by atoms with E-state index in [9.17, 15) is 18.0 Å². The first-order valence-electron chi connectivity index (χ1n) is 7.46. The number of anilines is 1. The topological polar surface area (TPSA) is 67.6 Å². The third-order valence-electron chi connectivity index (χ3n) is 4.18. The maximum absolute atomic E-state index is 12.3. The van der Waals surface area contributed by atoms with E-state index in [0.717, 1.165) is 6.42 Å². The number of halogens is 5. The smallest absolute Gasteiger partial charge is 0.406 e. The maximum atomic E-state index is 12.3. The molecule has 2 aliphatic rings. The van der Waals surface area contributed by atoms with Crippen LogP contribution in [0.2, 0.25) is 0 Å². The van der Waals surface area contributed by atoms with Crippen molar-refractivity contribution >= 4 is 36.4 Å². The fraction of sp³-hybridized carbons (Fsp3) is 0.533. The summed E-state index contributed by atoms with van der Waals surface area (Å²) in [6.45, 7) is 1.19. The second kappa shape index (κ2) is 7.88. The number of carbonyl (C=O) groups is 1. The molecule has 1 saturated heterocycles. The highest BCUT2D eigenvalue weighted by atomic mass is 35.5. The lowest BCUT2D eigenvalue weighted by Crippen LogP contribution is -2.47. The number of benzene rings is 1. The average Bonchev–Trinajstić information content (AvgIpc) is 3.04. The van der Waals surface area contributed by atoms with E-state index in [4.69, 9.17) is 5.73 Å². The van der Waals surface area contributed by atoms with Crippen LogP contribution in [0.25, 0.3) is 0 Å². The molecule has 1 atom stereocenters. The minimum atomic E-state index is -4.71. The zero-order chi connectivity index (χ0) is 16.7. The predicted molar refractivity (Wildman–Crippen MR) is 92.5 cm³/mol. The Morgan fingerprint density at radius 3 is 2.60 bits per heavy atom. The largest absolute Gasteiger partial charge is 0.573 e. The van der Waals surface area contributed by atoms with E-state index in [1.165, 1.54) is 18.2 Å². The van der Waals surface area contributed by atoms with Crippen LogP contribution in [-0.2, 0) is 4.79 Å². The molecule has 2 fully saturated rings. The minimum absolute atomic E-state index is 0. The van der Waals surface area contributed by atoms with Crippen LogP contribution in [0.4, 0.5) is 18.9 Å². The molecule has 3 N–H and O–H groups in total. The number of amides is 1. The minimum Gasteiger partial charge on any atom is -0.406 e. The van der Waals surface area contributed by atoms with Gasteiger partial charge in [0, 0.05) is 30.9 Å². The number of nitrogens with zero attached hydrogens (tertiary/aromatic N) is 1. The van der Waals surface area contributed by atoms with E-state index in [1.54, 1.807) is 6.07 Å². The van der Waals surface area contributed by atoms with Gasteiger partial charge in [0.15, 0.2) is 0 Å². The van der Waals surface area contributed by atoms with Crippen LogP contribution < -0.4 is 20.7 Å². The summed E-state index contributed by atoms with van der Waals surface area (Å²) in [7, 11) is 0. The van der Waals surface area contributed by atoms with E-state index in [-0.39, 0.29) is 42.5 Å². The highest BCUT2D eigenvalue weighted by Crippen LogP contribution is 2.33. The normalized spacial score (nSPS) is 21.0. The predicted octanol–water partition coefficient (Wildman–Crippen LogP) is 2.62. The molecule has 0 radical (unpaired) electrons. The quantitative estimate of drug-likeness (QED) is 0.813. The molecular weight excluding hydrogens is 382 g/mol. The van der Waals surface area contributed by atoms with E-state index in [2.05, 4.69) is 10.1 Å². The van der Waals surface area contributed by atoms with Crippen LogP contribution in [-0.4, -0.2) is 36.9 Å². The second-order valence-corrected chi connectivity index (χ2v) is 6.11. The van der Waals surface area contributed by atoms with Crippen molar-refractivity contribution in [3.63, 3.8) is 0 Å². The molecule has 1 aliphatic heterocycles. The number of hydrogen-bond acceptors (Lipinski definition) is 4. The molecule has 142 valence electrons. The molecule has 1 heterocycles. The summed E-state index contributed by atoms with van der Waals surface area (Å²) < 4.78 is 40.8. The molecule has 0 bridgehead atoms. The van der Waals surface area contributed by atoms with Gasteiger partial charge in [0.1, 0.15) is 5.75 Å². The number of ether oxygens (including phenoxy) is 1. The first-order valence-corrected chi connectivity index (χ1v) is 7.46. The Bertz CT molecular complexity index is 612. The van der Waals surface area contributed by atoms with Gasteiger partial charge in [0.05, 0.1) is 5.54 Å². The number of alkyl halides is 3. The fourth-order valence-corrected chi connectivity index (χ4v) is 2.68. The molecule has 10 heteroatoms. The number of nitrogens with one attached hydrogen (secondary N) is 1. The van der Waals surface area contributed by atoms with Crippen molar-refractivity contribution in [2.24, 2.45) is 5.73 Å². The van der Waals surface area contributed by atoms with Crippen molar-refractivity contribution in [3.8, 4) is 5.75 Å². The van der Waals surface area contributed by atoms with Crippen LogP contribution in [0.5, 0.6) is 5.75 Å². The zero-order valence-electron chi connectivity index (χ0n) is 13.2. The Morgan fingerprint density at radius 1 is 1.32 bits per heavy atom. The summed E-state index contributed by atoms with van der Waals surface area (Å²) in [6, 6.07) is 5.80. The van der Waals surface area contributed by atoms with Gasteiger partial charge in [-0.3, -0.25) is 4.79 Å². The van der Waals surface area contributed by atoms with Gasteiger partial charge < -0.3 is 20.7 Å². The molecule has 1 amide bonds. The fourth-order valence-electron chi connectivity index (χ4n) is 2.68. The summed E-state index contributed by atoms with van der Waals surface area (Å²) in [5.74, 6) is -0.389. The zero-order valence-corrected chi connectivity index (χ0v) is 14.8. The first kappa shape index (κ1) is 21.7. The number of nitrogens with two attached hydrogens (primary N) is 1. The summed E-state index contributed by atoms with van der Waals surface area (Å²) in [6.07, 6.45) is -2.58. The van der Waals surface area contributed by atoms with Gasteiger partial charge in [-0.05, 0) is 31.4 Å². The molecule has 1 unspecified atom stereocenters. The Morgan fingerprint density at radius 2 is 2.00 bits per heavy atom. The lowest BCUT2D eigenvalue weighted by atomic mass is 10.2. The molecule has 1 saturated carbocycles. The van der Waals surface area contributed by atoms with Crippen molar-refractivity contribution in [3.05, 3.63) is 24.3 Å². The van der Waals surface area contributed by atoms with Crippen LogP contribution in [0, 0.1) is 0 Å². The average molecular weight is 402 g/mol. The van der Waals surface area contributed by atoms with Crippen LogP contribution >= 0.6 is 24.8 Å². The highest BCUT2D eigenvalue weighted by Gasteiger charge is 2.46. The van der Waals surface area contributed by atoms with Crippen molar-refractivity contribution in [2.45, 2.75) is 37.2 Å². The summed E-state index contributed by atoms with van der Waals surface area (Å²) in [5, 5.41) is 2.92. The third kappa shape index (κ3) is 5.55. The van der Waals surface area contributed by atoms with Crippen LogP contribution in [0.1, 0.15) is 19.3 Å². The van der Waals surface area contributed by atoms with Gasteiger partial charge in [-0.1, -0.05) is 6.07 Å². The highest BCUT2D eigenvalue weighted by molar-refractivity contribution is 5.89. The van der Waals surface area contributed by atoms with Gasteiger partial charge in [-0.25, -0.2) is 0 Å². The number of rotatable bonds is 4. The SMILES string of the molecule is Cl.Cl.NC1(C(=O)NC2CCN(c3cccc(OC(F)(F)F)c3)C2)CC1. The molecule has 5 nitrogen and oxygen atoms in total. The van der Waals surface area contributed by atoms with Gasteiger partial charge >= 0.3 is 6.36 Å². The summed E-state index contributed by atoms with van der Waals surface area (Å²) in [4.78, 5) is 13.9. The summed E-state index contributed by atoms with van der Waals surface area (Å²) in [5.41, 5.74) is 5.77. The van der Waals surface area contributed by atoms with Crippen LogP contribution in [0.3, 0.4) is 0 Å². The Kier molecular flexibility index (Phi) is 6.83. The molecular formula is C15H20Cl2F3N3O2. The van der Waals surface area contributed by atoms with E-state index in [0.29, 0.717) is 31.6 Å². The van der Waals surface area contributed by atoms with Gasteiger partial charge in [0.2, 0.25) is 5.91 Å². The summed E-state index contributed by atoms with van der Waals surface area (Å²) >= 11 is 0.